The molecule has 2 N–H and O–H groups in total. The molecule has 3 rings (SSSR count). The smallest absolute Gasteiger partial charge is 0.124 e. The molecule has 2 heteroatoms. The Labute approximate surface area is 126 Å². The van der Waals surface area contributed by atoms with Crippen LogP contribution >= 0.6 is 0 Å². The van der Waals surface area contributed by atoms with Crippen LogP contribution in [0.25, 0.3) is 0 Å². The largest absolute Gasteiger partial charge is 0.496 e. The van der Waals surface area contributed by atoms with Gasteiger partial charge in [0.1, 0.15) is 5.75 Å². The maximum atomic E-state index is 6.71. The third-order valence-electron chi connectivity index (χ3n) is 4.76. The van der Waals surface area contributed by atoms with Gasteiger partial charge in [-0.25, -0.2) is 0 Å². The summed E-state index contributed by atoms with van der Waals surface area (Å²) >= 11 is 0. The molecule has 21 heavy (non-hydrogen) atoms. The van der Waals surface area contributed by atoms with E-state index < -0.39 is 0 Å². The summed E-state index contributed by atoms with van der Waals surface area (Å²) in [5.74, 6) is 0.919. The summed E-state index contributed by atoms with van der Waals surface area (Å²) in [7, 11) is 1.73. The van der Waals surface area contributed by atoms with Gasteiger partial charge in [0.05, 0.1) is 7.11 Å². The van der Waals surface area contributed by atoms with Crippen LogP contribution in [0, 0.1) is 13.8 Å². The minimum atomic E-state index is -0.0181. The Bertz CT molecular complexity index is 644. The van der Waals surface area contributed by atoms with Gasteiger partial charge in [0.25, 0.3) is 0 Å². The third kappa shape index (κ3) is 2.34. The van der Waals surface area contributed by atoms with Crippen molar-refractivity contribution in [2.24, 2.45) is 5.73 Å². The molecule has 0 saturated heterocycles. The van der Waals surface area contributed by atoms with Crippen LogP contribution < -0.4 is 10.5 Å². The second-order valence-electron chi connectivity index (χ2n) is 6.20. The summed E-state index contributed by atoms with van der Waals surface area (Å²) in [5, 5.41) is 0. The van der Waals surface area contributed by atoms with E-state index in [1.54, 1.807) is 7.11 Å². The van der Waals surface area contributed by atoms with Crippen molar-refractivity contribution >= 4 is 0 Å². The summed E-state index contributed by atoms with van der Waals surface area (Å²) in [6.45, 7) is 4.22. The monoisotopic (exact) mass is 281 g/mol. The zero-order chi connectivity index (χ0) is 15.0. The predicted octanol–water partition coefficient (Wildman–Crippen LogP) is 4.04. The van der Waals surface area contributed by atoms with Crippen molar-refractivity contribution in [1.82, 2.24) is 0 Å². The van der Waals surface area contributed by atoms with Crippen LogP contribution in [-0.4, -0.2) is 7.11 Å². The topological polar surface area (TPSA) is 35.2 Å². The van der Waals surface area contributed by atoms with Crippen LogP contribution in [0.15, 0.2) is 42.5 Å². The van der Waals surface area contributed by atoms with Crippen molar-refractivity contribution in [3.8, 4) is 5.75 Å². The van der Waals surface area contributed by atoms with Gasteiger partial charge in [0.2, 0.25) is 0 Å². The molecule has 0 amide bonds. The van der Waals surface area contributed by atoms with E-state index in [2.05, 4.69) is 56.3 Å². The van der Waals surface area contributed by atoms with E-state index in [0.717, 1.165) is 24.2 Å². The molecule has 1 atom stereocenters. The molecule has 0 spiro atoms. The Morgan fingerprint density at radius 1 is 1.10 bits per heavy atom. The number of hydrogen-bond donors (Lipinski definition) is 1. The highest BCUT2D eigenvalue weighted by molar-refractivity contribution is 5.49. The maximum absolute atomic E-state index is 6.71. The van der Waals surface area contributed by atoms with Crippen molar-refractivity contribution in [2.75, 3.05) is 7.11 Å². The lowest BCUT2D eigenvalue weighted by atomic mass is 9.82. The van der Waals surface area contributed by atoms with Crippen molar-refractivity contribution in [2.45, 2.75) is 38.1 Å². The zero-order valence-electron chi connectivity index (χ0n) is 13.0. The van der Waals surface area contributed by atoms with E-state index in [9.17, 15) is 0 Å². The molecule has 0 aromatic heterocycles. The third-order valence-corrected chi connectivity index (χ3v) is 4.76. The Kier molecular flexibility index (Phi) is 3.50. The standard InChI is InChI=1S/C19H23NO/c1-13-11-14(2)17(16(12-13)21-3)18(20)19(9-10-19)15-7-5-4-6-8-15/h4-8,11-12,18H,9-10,20H2,1-3H3. The number of benzene rings is 2. The average molecular weight is 281 g/mol. The van der Waals surface area contributed by atoms with Gasteiger partial charge in [0, 0.05) is 17.0 Å². The Balaban J connectivity index is 2.06. The summed E-state index contributed by atoms with van der Waals surface area (Å²) in [6.07, 6.45) is 2.29. The van der Waals surface area contributed by atoms with Gasteiger partial charge < -0.3 is 10.5 Å². The van der Waals surface area contributed by atoms with Gasteiger partial charge in [-0.05, 0) is 49.4 Å². The first-order valence-corrected chi connectivity index (χ1v) is 7.55. The molecule has 0 bridgehead atoms. The van der Waals surface area contributed by atoms with Gasteiger partial charge >= 0.3 is 0 Å². The molecule has 1 saturated carbocycles. The molecule has 0 heterocycles. The van der Waals surface area contributed by atoms with Gasteiger partial charge in [-0.15, -0.1) is 0 Å². The van der Waals surface area contributed by atoms with Crippen molar-refractivity contribution < 1.29 is 4.74 Å². The molecular weight excluding hydrogens is 258 g/mol. The number of nitrogens with two attached hydrogens (primary N) is 1. The van der Waals surface area contributed by atoms with E-state index in [1.165, 1.54) is 16.7 Å². The molecule has 2 aromatic rings. The first-order chi connectivity index (χ1) is 10.1. The van der Waals surface area contributed by atoms with Gasteiger partial charge in [-0.3, -0.25) is 0 Å². The normalized spacial score (nSPS) is 17.3. The number of ether oxygens (including phenoxy) is 1. The summed E-state index contributed by atoms with van der Waals surface area (Å²) in [6, 6.07) is 14.9. The van der Waals surface area contributed by atoms with Crippen LogP contribution in [0.3, 0.4) is 0 Å². The lowest BCUT2D eigenvalue weighted by Gasteiger charge is -2.27. The summed E-state index contributed by atoms with van der Waals surface area (Å²) in [4.78, 5) is 0. The number of hydrogen-bond acceptors (Lipinski definition) is 2. The van der Waals surface area contributed by atoms with E-state index in [0.29, 0.717) is 0 Å². The lowest BCUT2D eigenvalue weighted by Crippen LogP contribution is -2.27. The van der Waals surface area contributed by atoms with Crippen LogP contribution in [0.1, 0.15) is 41.1 Å². The molecule has 2 aromatic carbocycles. The molecule has 1 aliphatic rings. The molecule has 1 unspecified atom stereocenters. The average Bonchev–Trinajstić information content (AvgIpc) is 3.28. The van der Waals surface area contributed by atoms with E-state index in [4.69, 9.17) is 10.5 Å². The van der Waals surface area contributed by atoms with Crippen molar-refractivity contribution in [3.63, 3.8) is 0 Å². The molecule has 0 radical (unpaired) electrons. The highest BCUT2D eigenvalue weighted by Crippen LogP contribution is 2.57. The SMILES string of the molecule is COc1cc(C)cc(C)c1C(N)C1(c2ccccc2)CC1. The van der Waals surface area contributed by atoms with E-state index >= 15 is 0 Å². The number of aryl methyl sites for hydroxylation is 2. The fraction of sp³-hybridized carbons (Fsp3) is 0.368. The van der Waals surface area contributed by atoms with Crippen LogP contribution in [0.5, 0.6) is 5.75 Å². The predicted molar refractivity (Wildman–Crippen MR) is 86.8 cm³/mol. The zero-order valence-corrected chi connectivity index (χ0v) is 13.0. The summed E-state index contributed by atoms with van der Waals surface area (Å²) in [5.41, 5.74) is 11.7. The Morgan fingerprint density at radius 3 is 2.33 bits per heavy atom. The van der Waals surface area contributed by atoms with Gasteiger partial charge in [-0.1, -0.05) is 36.4 Å². The molecule has 2 nitrogen and oxygen atoms in total. The molecule has 110 valence electrons. The minimum absolute atomic E-state index is 0.0181. The highest BCUT2D eigenvalue weighted by atomic mass is 16.5. The van der Waals surface area contributed by atoms with Crippen LogP contribution in [-0.2, 0) is 5.41 Å². The second kappa shape index (κ2) is 5.19. The van der Waals surface area contributed by atoms with Crippen LogP contribution in [0.4, 0.5) is 0 Å². The Hall–Kier alpha value is -1.80. The van der Waals surface area contributed by atoms with Crippen molar-refractivity contribution in [1.29, 1.82) is 0 Å². The molecular formula is C19H23NO. The second-order valence-corrected chi connectivity index (χ2v) is 6.20. The highest BCUT2D eigenvalue weighted by Gasteiger charge is 2.50. The van der Waals surface area contributed by atoms with Gasteiger partial charge in [0.15, 0.2) is 0 Å². The lowest BCUT2D eigenvalue weighted by molar-refractivity contribution is 0.397. The van der Waals surface area contributed by atoms with Gasteiger partial charge in [-0.2, -0.15) is 0 Å². The maximum Gasteiger partial charge on any atom is 0.124 e. The fourth-order valence-corrected chi connectivity index (χ4v) is 3.47. The van der Waals surface area contributed by atoms with E-state index in [1.807, 2.05) is 0 Å². The quantitative estimate of drug-likeness (QED) is 0.917. The van der Waals surface area contributed by atoms with Crippen LogP contribution in [0.2, 0.25) is 0 Å². The first kappa shape index (κ1) is 14.2. The molecule has 1 fully saturated rings. The summed E-state index contributed by atoms with van der Waals surface area (Å²) < 4.78 is 5.61. The number of rotatable bonds is 4. The molecule has 1 aliphatic carbocycles. The fourth-order valence-electron chi connectivity index (χ4n) is 3.47. The molecule has 0 aliphatic heterocycles. The Morgan fingerprint density at radius 2 is 1.76 bits per heavy atom. The number of methoxy groups -OCH3 is 1. The minimum Gasteiger partial charge on any atom is -0.496 e. The van der Waals surface area contributed by atoms with Crippen molar-refractivity contribution in [3.05, 3.63) is 64.7 Å². The van der Waals surface area contributed by atoms with E-state index in [-0.39, 0.29) is 11.5 Å². The first-order valence-electron chi connectivity index (χ1n) is 7.55.